The number of nitrogens with zero attached hydrogens (tertiary/aromatic N) is 3. The van der Waals surface area contributed by atoms with Crippen LogP contribution in [-0.4, -0.2) is 33.9 Å². The van der Waals surface area contributed by atoms with E-state index in [1.807, 2.05) is 24.3 Å². The highest BCUT2D eigenvalue weighted by Gasteiger charge is 2.30. The Balaban J connectivity index is 1.53. The molecule has 0 spiro atoms. The van der Waals surface area contributed by atoms with E-state index in [4.69, 9.17) is 4.99 Å². The van der Waals surface area contributed by atoms with E-state index in [9.17, 15) is 15.2 Å². The standard InChI is InChI=1S/C25H21N3O3/c1-16-22(28(30)31)14-20(15-24(16)29)17-7-9-18(10-8-17)23-13-19-5-3-2-4-6-21(19)25-26-11-12-27(23)25/h2,4-10,13-15,29H,3,11-12H2,1H3. The van der Waals surface area contributed by atoms with E-state index in [1.165, 1.54) is 11.6 Å². The Morgan fingerprint density at radius 3 is 2.68 bits per heavy atom. The summed E-state index contributed by atoms with van der Waals surface area (Å²) in [5, 5.41) is 21.5. The van der Waals surface area contributed by atoms with Gasteiger partial charge in [0.2, 0.25) is 0 Å². The number of fused-ring (bicyclic) bond motifs is 3. The second kappa shape index (κ2) is 7.40. The van der Waals surface area contributed by atoms with Gasteiger partial charge in [0.1, 0.15) is 11.6 Å². The molecule has 154 valence electrons. The molecule has 1 N–H and O–H groups in total. The Labute approximate surface area is 180 Å². The van der Waals surface area contributed by atoms with Gasteiger partial charge >= 0.3 is 0 Å². The van der Waals surface area contributed by atoms with Crippen molar-refractivity contribution in [1.29, 1.82) is 0 Å². The first-order chi connectivity index (χ1) is 15.0. The maximum atomic E-state index is 11.3. The largest absolute Gasteiger partial charge is 0.507 e. The number of phenolic OH excluding ortho intramolecular Hbond substituents is 1. The Bertz CT molecular complexity index is 1250. The van der Waals surface area contributed by atoms with Crippen molar-refractivity contribution >= 4 is 17.2 Å². The number of phenols is 1. The molecule has 0 aromatic heterocycles. The zero-order valence-electron chi connectivity index (χ0n) is 17.1. The Kier molecular flexibility index (Phi) is 4.55. The summed E-state index contributed by atoms with van der Waals surface area (Å²) in [6.07, 6.45) is 11.7. The second-order valence-electron chi connectivity index (χ2n) is 7.76. The van der Waals surface area contributed by atoms with Crippen molar-refractivity contribution < 1.29 is 10.0 Å². The van der Waals surface area contributed by atoms with Gasteiger partial charge in [0.15, 0.2) is 0 Å². The maximum absolute atomic E-state index is 11.3. The summed E-state index contributed by atoms with van der Waals surface area (Å²) in [5.41, 5.74) is 6.12. The average Bonchev–Trinajstić information content (AvgIpc) is 3.14. The van der Waals surface area contributed by atoms with Crippen LogP contribution in [0.5, 0.6) is 5.75 Å². The minimum absolute atomic E-state index is 0.0746. The fourth-order valence-corrected chi connectivity index (χ4v) is 4.23. The number of benzene rings is 2. The molecule has 0 saturated heterocycles. The molecule has 2 aromatic carbocycles. The van der Waals surface area contributed by atoms with Crippen LogP contribution in [0.2, 0.25) is 0 Å². The molecule has 6 nitrogen and oxygen atoms in total. The van der Waals surface area contributed by atoms with E-state index in [0.717, 1.165) is 47.7 Å². The van der Waals surface area contributed by atoms with Crippen molar-refractivity contribution in [3.8, 4) is 16.9 Å². The van der Waals surface area contributed by atoms with Gasteiger partial charge in [-0.1, -0.05) is 48.6 Å². The van der Waals surface area contributed by atoms with Crippen molar-refractivity contribution in [3.63, 3.8) is 0 Å². The van der Waals surface area contributed by atoms with Gasteiger partial charge in [-0.15, -0.1) is 0 Å². The lowest BCUT2D eigenvalue weighted by molar-refractivity contribution is -0.385. The van der Waals surface area contributed by atoms with Gasteiger partial charge < -0.3 is 10.0 Å². The van der Waals surface area contributed by atoms with Crippen molar-refractivity contribution in [3.05, 3.63) is 99.2 Å². The molecule has 0 fully saturated rings. The third kappa shape index (κ3) is 3.26. The zero-order valence-corrected chi connectivity index (χ0v) is 17.1. The van der Waals surface area contributed by atoms with Gasteiger partial charge in [-0.05, 0) is 47.8 Å². The molecule has 0 bridgehead atoms. The minimum atomic E-state index is -0.464. The quantitative estimate of drug-likeness (QED) is 0.559. The van der Waals surface area contributed by atoms with Crippen LogP contribution in [0.3, 0.4) is 0 Å². The van der Waals surface area contributed by atoms with Crippen LogP contribution < -0.4 is 0 Å². The SMILES string of the molecule is Cc1c(O)cc(-c2ccc(C3=CC4=CCC=CC=C4C4=NCCN34)cc2)cc1[N+](=O)[O-]. The molecule has 31 heavy (non-hydrogen) atoms. The average molecular weight is 411 g/mol. The molecule has 0 unspecified atom stereocenters. The number of aliphatic imine (C=N–C) groups is 1. The van der Waals surface area contributed by atoms with Gasteiger partial charge in [0.25, 0.3) is 5.69 Å². The Morgan fingerprint density at radius 1 is 1.13 bits per heavy atom. The van der Waals surface area contributed by atoms with Crippen molar-refractivity contribution in [2.24, 2.45) is 4.99 Å². The highest BCUT2D eigenvalue weighted by molar-refractivity contribution is 6.11. The second-order valence-corrected chi connectivity index (χ2v) is 7.76. The summed E-state index contributed by atoms with van der Waals surface area (Å²) < 4.78 is 0. The van der Waals surface area contributed by atoms with E-state index in [1.54, 1.807) is 13.0 Å². The molecule has 0 atom stereocenters. The highest BCUT2D eigenvalue weighted by atomic mass is 16.6. The first kappa shape index (κ1) is 19.1. The molecule has 0 radical (unpaired) electrons. The molecule has 0 amide bonds. The lowest BCUT2D eigenvalue weighted by atomic mass is 9.94. The van der Waals surface area contributed by atoms with Crippen LogP contribution >= 0.6 is 0 Å². The molecular formula is C25H21N3O3. The third-order valence-electron chi connectivity index (χ3n) is 5.91. The van der Waals surface area contributed by atoms with Crippen LogP contribution in [0.1, 0.15) is 17.5 Å². The van der Waals surface area contributed by atoms with Gasteiger partial charge in [-0.2, -0.15) is 0 Å². The summed E-state index contributed by atoms with van der Waals surface area (Å²) >= 11 is 0. The molecule has 0 saturated carbocycles. The summed E-state index contributed by atoms with van der Waals surface area (Å²) in [4.78, 5) is 17.8. The predicted molar refractivity (Wildman–Crippen MR) is 122 cm³/mol. The van der Waals surface area contributed by atoms with Gasteiger partial charge in [0, 0.05) is 18.2 Å². The first-order valence-electron chi connectivity index (χ1n) is 10.2. The van der Waals surface area contributed by atoms with Crippen LogP contribution in [0, 0.1) is 17.0 Å². The summed E-state index contributed by atoms with van der Waals surface area (Å²) in [6.45, 7) is 3.16. The van der Waals surface area contributed by atoms with Crippen LogP contribution in [0.4, 0.5) is 5.69 Å². The lowest BCUT2D eigenvalue weighted by Crippen LogP contribution is -2.31. The fraction of sp³-hybridized carbons (Fsp3) is 0.160. The number of nitro benzene ring substituents is 1. The van der Waals surface area contributed by atoms with E-state index < -0.39 is 4.92 Å². The number of aromatic hydroxyl groups is 1. The Morgan fingerprint density at radius 2 is 1.90 bits per heavy atom. The first-order valence-corrected chi connectivity index (χ1v) is 10.2. The topological polar surface area (TPSA) is 79.0 Å². The smallest absolute Gasteiger partial charge is 0.276 e. The number of allylic oxidation sites excluding steroid dienone is 5. The van der Waals surface area contributed by atoms with Crippen LogP contribution in [-0.2, 0) is 0 Å². The molecular weight excluding hydrogens is 390 g/mol. The van der Waals surface area contributed by atoms with Gasteiger partial charge in [-0.25, -0.2) is 0 Å². The molecule has 2 heterocycles. The number of amidine groups is 1. The Hall–Kier alpha value is -3.93. The fourth-order valence-electron chi connectivity index (χ4n) is 4.23. The van der Waals surface area contributed by atoms with E-state index in [2.05, 4.69) is 35.3 Å². The molecule has 2 aromatic rings. The van der Waals surface area contributed by atoms with E-state index in [0.29, 0.717) is 5.56 Å². The van der Waals surface area contributed by atoms with Gasteiger partial charge in [-0.3, -0.25) is 15.1 Å². The summed E-state index contributed by atoms with van der Waals surface area (Å²) in [6, 6.07) is 11.0. The molecule has 2 aliphatic heterocycles. The lowest BCUT2D eigenvalue weighted by Gasteiger charge is -2.30. The van der Waals surface area contributed by atoms with Crippen molar-refractivity contribution in [2.45, 2.75) is 13.3 Å². The molecule has 6 heteroatoms. The molecule has 1 aliphatic carbocycles. The van der Waals surface area contributed by atoms with E-state index >= 15 is 0 Å². The molecule has 5 rings (SSSR count). The number of nitro groups is 1. The number of hydrogen-bond donors (Lipinski definition) is 1. The third-order valence-corrected chi connectivity index (χ3v) is 5.91. The normalized spacial score (nSPS) is 17.1. The number of hydrogen-bond acceptors (Lipinski definition) is 5. The summed E-state index contributed by atoms with van der Waals surface area (Å²) in [5.74, 6) is 0.938. The zero-order chi connectivity index (χ0) is 21.5. The van der Waals surface area contributed by atoms with Crippen LogP contribution in [0.15, 0.2) is 82.9 Å². The molecule has 3 aliphatic rings. The maximum Gasteiger partial charge on any atom is 0.276 e. The minimum Gasteiger partial charge on any atom is -0.507 e. The van der Waals surface area contributed by atoms with E-state index in [-0.39, 0.29) is 17.0 Å². The predicted octanol–water partition coefficient (Wildman–Crippen LogP) is 5.16. The number of rotatable bonds is 3. The van der Waals surface area contributed by atoms with Crippen molar-refractivity contribution in [2.75, 3.05) is 13.1 Å². The highest BCUT2D eigenvalue weighted by Crippen LogP contribution is 2.37. The van der Waals surface area contributed by atoms with Crippen LogP contribution in [0.25, 0.3) is 16.8 Å². The van der Waals surface area contributed by atoms with Gasteiger partial charge in [0.05, 0.1) is 22.7 Å². The summed E-state index contributed by atoms with van der Waals surface area (Å²) in [7, 11) is 0. The van der Waals surface area contributed by atoms with Crippen molar-refractivity contribution in [1.82, 2.24) is 4.90 Å². The monoisotopic (exact) mass is 411 g/mol.